The van der Waals surface area contributed by atoms with Gasteiger partial charge in [0.2, 0.25) is 0 Å². The Morgan fingerprint density at radius 3 is 1.39 bits per heavy atom. The average Bonchev–Trinajstić information content (AvgIpc) is 2.24. The van der Waals surface area contributed by atoms with Gasteiger partial charge in [0.25, 0.3) is 0 Å². The monoisotopic (exact) mass is 352 g/mol. The Kier molecular flexibility index (Phi) is 504. The number of hydrogen-bond donors (Lipinski definition) is 1. The third-order valence-corrected chi connectivity index (χ3v) is 0.289. The van der Waals surface area contributed by atoms with Crippen molar-refractivity contribution in [2.24, 2.45) is 0 Å². The van der Waals surface area contributed by atoms with Crippen LogP contribution in [0.1, 0.15) is 30.4 Å². The molecule has 1 N–H and O–H groups in total. The SMILES string of the molecule is C.C=C(O)C[CH2-].CC.O=C=O.[2H][C-]=O.[2H][C-]=O.[CH3-].[Ni+2].[Ni+2]. The summed E-state index contributed by atoms with van der Waals surface area (Å²) in [5, 5.41) is 8.10. The van der Waals surface area contributed by atoms with Crippen molar-refractivity contribution in [3.8, 4) is 0 Å². The normalized spacial score (nSPS) is 4.39. The third-order valence-electron chi connectivity index (χ3n) is 0.289. The molecule has 0 bridgehead atoms. The van der Waals surface area contributed by atoms with Crippen LogP contribution >= 0.6 is 0 Å². The largest absolute Gasteiger partial charge is 2.00 e. The van der Waals surface area contributed by atoms with Gasteiger partial charge in [0.15, 0.2) is 0 Å². The van der Waals surface area contributed by atoms with Crippen LogP contribution in [0.3, 0.4) is 0 Å². The molecular weight excluding hydrogens is 330 g/mol. The van der Waals surface area contributed by atoms with Crippen LogP contribution in [0, 0.1) is 14.4 Å². The second-order valence-electron chi connectivity index (χ2n) is 0.900. The minimum Gasteiger partial charge on any atom is -0.545 e. The molecule has 0 aliphatic carbocycles. The molecule has 18 heavy (non-hydrogen) atoms. The standard InChI is InChI=1S/C4H7O.C2H6.CO2.2CHO.CH4.CH3.2Ni/c1-3-4(2)5;1-2;2-1-3;2*1-2;;;;/h5H,1-3H2;1-2H3;;2*1H;1H4;1H3;;/q-1;;;2*-1;;-1;2*+2/i;;;2*1D;;;;. The van der Waals surface area contributed by atoms with E-state index in [9.17, 15) is 0 Å². The summed E-state index contributed by atoms with van der Waals surface area (Å²) in [6.45, 7) is 12.0. The zero-order chi connectivity index (χ0) is 14.4. The molecular formula is C11H22Ni2O5. The van der Waals surface area contributed by atoms with Crippen LogP contribution in [-0.2, 0) is 52.2 Å². The molecule has 0 saturated heterocycles. The summed E-state index contributed by atoms with van der Waals surface area (Å²) < 4.78 is 10.8. The van der Waals surface area contributed by atoms with Crippen molar-refractivity contribution in [2.75, 3.05) is 0 Å². The van der Waals surface area contributed by atoms with Gasteiger partial charge in [0.05, 0.1) is 5.76 Å². The van der Waals surface area contributed by atoms with Crippen molar-refractivity contribution >= 4 is 19.7 Å². The molecule has 0 atom stereocenters. The molecule has 0 aromatic heterocycles. The first-order valence-corrected chi connectivity index (χ1v) is 3.25. The van der Waals surface area contributed by atoms with Crippen LogP contribution in [0.15, 0.2) is 12.3 Å². The molecule has 0 rings (SSSR count). The molecule has 0 aromatic carbocycles. The van der Waals surface area contributed by atoms with Crippen LogP contribution in [0.4, 0.5) is 0 Å². The Morgan fingerprint density at radius 2 is 1.39 bits per heavy atom. The summed E-state index contributed by atoms with van der Waals surface area (Å²) in [5.74, 6) is 0.144. The van der Waals surface area contributed by atoms with Gasteiger partial charge in [-0.25, -0.2) is 0 Å². The summed E-state index contributed by atoms with van der Waals surface area (Å²) in [7, 11) is 0. The predicted octanol–water partition coefficient (Wildman–Crippen LogP) is 2.26. The van der Waals surface area contributed by atoms with Gasteiger partial charge in [0.1, 0.15) is 0 Å². The first-order valence-electron chi connectivity index (χ1n) is 4.25. The van der Waals surface area contributed by atoms with Crippen LogP contribution in [-0.4, -0.2) is 24.8 Å². The number of rotatable bonds is 1. The summed E-state index contributed by atoms with van der Waals surface area (Å²) in [5.41, 5.74) is 0. The molecule has 0 aromatic rings. The van der Waals surface area contributed by atoms with E-state index in [4.69, 9.17) is 27.0 Å². The molecule has 0 aliphatic rings. The van der Waals surface area contributed by atoms with E-state index in [-0.39, 0.29) is 59.7 Å². The Bertz CT molecular complexity index is 170. The second kappa shape index (κ2) is 209. The van der Waals surface area contributed by atoms with Gasteiger partial charge in [-0.3, -0.25) is 13.5 Å². The molecule has 0 aliphatic heterocycles. The van der Waals surface area contributed by atoms with E-state index in [2.05, 4.69) is 13.5 Å². The fraction of sp³-hybridized carbons (Fsp3) is 0.364. The molecule has 0 saturated carbocycles. The number of allylic oxidation sites excluding steroid dienone is 1. The van der Waals surface area contributed by atoms with Crippen LogP contribution in [0.25, 0.3) is 0 Å². The maximum Gasteiger partial charge on any atom is 2.00 e. The van der Waals surface area contributed by atoms with E-state index in [0.717, 1.165) is 13.5 Å². The molecule has 7 heteroatoms. The van der Waals surface area contributed by atoms with Crippen molar-refractivity contribution in [1.29, 1.82) is 0 Å². The first kappa shape index (κ1) is 43.4. The maximum absolute atomic E-state index is 8.35. The summed E-state index contributed by atoms with van der Waals surface area (Å²) in [6.07, 6.45) is 0.667. The average molecular weight is 354 g/mol. The van der Waals surface area contributed by atoms with Crippen molar-refractivity contribution in [3.05, 3.63) is 26.7 Å². The predicted molar refractivity (Wildman–Crippen MR) is 64.7 cm³/mol. The molecule has 0 radical (unpaired) electrons. The zero-order valence-electron chi connectivity index (χ0n) is 11.8. The summed E-state index contributed by atoms with van der Waals surface area (Å²) in [4.78, 5) is 32.9. The molecule has 0 spiro atoms. The fourth-order valence-electron chi connectivity index (χ4n) is 0. The van der Waals surface area contributed by atoms with E-state index >= 15 is 0 Å². The van der Waals surface area contributed by atoms with E-state index in [1.54, 1.807) is 0 Å². The number of aliphatic hydroxyl groups excluding tert-OH is 1. The van der Waals surface area contributed by atoms with E-state index in [0.29, 0.717) is 6.42 Å². The number of carbonyl (C=O) groups excluding carboxylic acids is 4. The van der Waals surface area contributed by atoms with E-state index in [1.165, 1.54) is 0 Å². The number of hydrogen-bond acceptors (Lipinski definition) is 5. The smallest absolute Gasteiger partial charge is 0.545 e. The van der Waals surface area contributed by atoms with Gasteiger partial charge < -0.3 is 29.0 Å². The van der Waals surface area contributed by atoms with Crippen LogP contribution in [0.5, 0.6) is 0 Å². The topological polar surface area (TPSA) is 88.5 Å². The van der Waals surface area contributed by atoms with Gasteiger partial charge in [-0.05, 0) is 0 Å². The molecule has 0 fully saturated rings. The third kappa shape index (κ3) is 1990. The van der Waals surface area contributed by atoms with Crippen molar-refractivity contribution in [1.82, 2.24) is 0 Å². The molecule has 5 nitrogen and oxygen atoms in total. The van der Waals surface area contributed by atoms with E-state index < -0.39 is 0 Å². The van der Waals surface area contributed by atoms with Gasteiger partial charge in [-0.2, -0.15) is 12.3 Å². The van der Waals surface area contributed by atoms with Crippen molar-refractivity contribution in [3.63, 3.8) is 0 Å². The minimum absolute atomic E-state index is 0. The van der Waals surface area contributed by atoms with Gasteiger partial charge in [-0.15, -0.1) is 6.42 Å². The molecule has 116 valence electrons. The number of aliphatic hydroxyl groups is 1. The van der Waals surface area contributed by atoms with E-state index in [1.807, 2.05) is 13.8 Å². The summed E-state index contributed by atoms with van der Waals surface area (Å²) >= 11 is 0. The second-order valence-corrected chi connectivity index (χ2v) is 0.900. The Morgan fingerprint density at radius 1 is 1.33 bits per heavy atom. The molecule has 0 heterocycles. The quantitative estimate of drug-likeness (QED) is 0.338. The van der Waals surface area contributed by atoms with Crippen molar-refractivity contribution < 1.29 is 60.0 Å². The fourth-order valence-corrected chi connectivity index (χ4v) is 0. The minimum atomic E-state index is 0. The van der Waals surface area contributed by atoms with Gasteiger partial charge >= 0.3 is 39.1 Å². The zero-order valence-corrected chi connectivity index (χ0v) is 11.8. The molecule has 0 unspecified atom stereocenters. The first-order chi connectivity index (χ1) is 7.51. The van der Waals surface area contributed by atoms with Gasteiger partial charge in [0, 0.05) is 0 Å². The molecule has 0 amide bonds. The Balaban J connectivity index is -0.0000000106. The Labute approximate surface area is 134 Å². The van der Waals surface area contributed by atoms with Gasteiger partial charge in [-0.1, -0.05) is 27.9 Å². The van der Waals surface area contributed by atoms with Crippen LogP contribution in [0.2, 0.25) is 0 Å². The van der Waals surface area contributed by atoms with Crippen LogP contribution < -0.4 is 0 Å². The Hall–Kier alpha value is -0.753. The summed E-state index contributed by atoms with van der Waals surface area (Å²) in [6, 6.07) is 0. The van der Waals surface area contributed by atoms with Crippen molar-refractivity contribution in [2.45, 2.75) is 27.7 Å². The maximum atomic E-state index is 8.35.